The molecule has 9 nitrogen and oxygen atoms in total. The molecule has 1 atom stereocenters. The number of hydrogen-bond acceptors (Lipinski definition) is 6. The average Bonchev–Trinajstić information content (AvgIpc) is 2.41. The number of rotatable bonds is 1. The molecule has 1 aromatic rings. The molecule has 9 heteroatoms. The van der Waals surface area contributed by atoms with Crippen molar-refractivity contribution in [3.63, 3.8) is 0 Å². The van der Waals surface area contributed by atoms with Gasteiger partial charge in [0.1, 0.15) is 0 Å². The number of nitrogens with zero attached hydrogens (tertiary/aromatic N) is 3. The summed E-state index contributed by atoms with van der Waals surface area (Å²) < 4.78 is 0.791. The predicted octanol–water partition coefficient (Wildman–Crippen LogP) is -1.61. The van der Waals surface area contributed by atoms with E-state index < -0.39 is 28.1 Å². The molecular weight excluding hydrogens is 220 g/mol. The van der Waals surface area contributed by atoms with Gasteiger partial charge in [-0.3, -0.25) is 19.9 Å². The maximum absolute atomic E-state index is 11.4. The Morgan fingerprint density at radius 3 is 2.75 bits per heavy atom. The third kappa shape index (κ3) is 1.21. The Bertz CT molecular complexity index is 573. The minimum atomic E-state index is -1.19. The van der Waals surface area contributed by atoms with Crippen molar-refractivity contribution in [1.82, 2.24) is 9.55 Å². The summed E-state index contributed by atoms with van der Waals surface area (Å²) in [5, 5.41) is 20.2. The van der Waals surface area contributed by atoms with E-state index in [4.69, 9.17) is 0 Å². The molecule has 2 rings (SSSR count). The zero-order chi connectivity index (χ0) is 12.0. The van der Waals surface area contributed by atoms with Crippen LogP contribution in [0.5, 0.6) is 0 Å². The second kappa shape index (κ2) is 3.17. The quantitative estimate of drug-likeness (QED) is 0.440. The van der Waals surface area contributed by atoms with Gasteiger partial charge in [0.25, 0.3) is 0 Å². The van der Waals surface area contributed by atoms with Crippen LogP contribution in [-0.2, 0) is 0 Å². The van der Waals surface area contributed by atoms with Gasteiger partial charge in [0.05, 0.1) is 11.5 Å². The molecule has 1 aliphatic heterocycles. The Balaban J connectivity index is 2.90. The first kappa shape index (κ1) is 10.4. The lowest BCUT2D eigenvalue weighted by Crippen LogP contribution is -2.32. The molecule has 0 aromatic carbocycles. The lowest BCUT2D eigenvalue weighted by molar-refractivity contribution is -0.385. The topological polar surface area (TPSA) is 121 Å². The summed E-state index contributed by atoms with van der Waals surface area (Å²) in [7, 11) is 1.45. The zero-order valence-corrected chi connectivity index (χ0v) is 8.21. The van der Waals surface area contributed by atoms with E-state index in [-0.39, 0.29) is 12.4 Å². The molecule has 0 unspecified atom stereocenters. The molecule has 0 amide bonds. The molecular formula is C7H8N4O5. The first-order chi connectivity index (χ1) is 7.43. The van der Waals surface area contributed by atoms with Gasteiger partial charge >= 0.3 is 16.9 Å². The second-order valence-electron chi connectivity index (χ2n) is 3.42. The number of nitro groups is 1. The van der Waals surface area contributed by atoms with Gasteiger partial charge in [-0.2, -0.15) is 0 Å². The maximum Gasteiger partial charge on any atom is 0.374 e. The molecule has 2 N–H and O–H groups in total. The summed E-state index contributed by atoms with van der Waals surface area (Å²) in [5.41, 5.74) is -2.66. The van der Waals surface area contributed by atoms with E-state index in [1.165, 1.54) is 11.9 Å². The standard InChI is InChI=1S/C7H8N4O5/c1-9-2-3(12)10-6(9)4(11(15)16)5(13)8-7(10)14/h3,12H,2H2,1H3,(H,8,13,14)/t3-/m0/s1. The maximum atomic E-state index is 11.4. The van der Waals surface area contributed by atoms with Crippen molar-refractivity contribution in [2.75, 3.05) is 18.5 Å². The highest BCUT2D eigenvalue weighted by atomic mass is 16.6. The number of fused-ring (bicyclic) bond motifs is 1. The van der Waals surface area contributed by atoms with Gasteiger partial charge in [-0.1, -0.05) is 0 Å². The highest BCUT2D eigenvalue weighted by Crippen LogP contribution is 2.29. The summed E-state index contributed by atoms with van der Waals surface area (Å²) >= 11 is 0. The second-order valence-corrected chi connectivity index (χ2v) is 3.42. The number of hydrogen-bond donors (Lipinski definition) is 2. The smallest absolute Gasteiger partial charge is 0.371 e. The van der Waals surface area contributed by atoms with E-state index in [9.17, 15) is 24.8 Å². The van der Waals surface area contributed by atoms with E-state index in [1.54, 1.807) is 4.98 Å². The van der Waals surface area contributed by atoms with Crippen molar-refractivity contribution in [1.29, 1.82) is 0 Å². The normalized spacial score (nSPS) is 18.6. The first-order valence-corrected chi connectivity index (χ1v) is 4.36. The van der Waals surface area contributed by atoms with Gasteiger partial charge in [-0.25, -0.2) is 9.36 Å². The van der Waals surface area contributed by atoms with Gasteiger partial charge < -0.3 is 10.0 Å². The van der Waals surface area contributed by atoms with Crippen molar-refractivity contribution in [3.05, 3.63) is 31.0 Å². The Morgan fingerprint density at radius 2 is 2.19 bits per heavy atom. The largest absolute Gasteiger partial charge is 0.374 e. The molecule has 0 saturated heterocycles. The first-order valence-electron chi connectivity index (χ1n) is 4.36. The molecule has 0 spiro atoms. The highest BCUT2D eigenvalue weighted by Gasteiger charge is 2.35. The number of anilines is 1. The van der Waals surface area contributed by atoms with Crippen LogP contribution >= 0.6 is 0 Å². The van der Waals surface area contributed by atoms with Gasteiger partial charge in [0.2, 0.25) is 5.82 Å². The van der Waals surface area contributed by atoms with Gasteiger partial charge in [-0.05, 0) is 0 Å². The lowest BCUT2D eigenvalue weighted by atomic mass is 10.4. The lowest BCUT2D eigenvalue weighted by Gasteiger charge is -2.08. The molecule has 0 saturated carbocycles. The summed E-state index contributed by atoms with van der Waals surface area (Å²) in [4.78, 5) is 35.6. The van der Waals surface area contributed by atoms with Crippen LogP contribution in [0.1, 0.15) is 6.23 Å². The van der Waals surface area contributed by atoms with Crippen LogP contribution in [0.2, 0.25) is 0 Å². The molecule has 0 bridgehead atoms. The average molecular weight is 228 g/mol. The van der Waals surface area contributed by atoms with Crippen molar-refractivity contribution < 1.29 is 10.0 Å². The molecule has 0 aliphatic carbocycles. The molecule has 2 heterocycles. The molecule has 1 aromatic heterocycles. The number of β-amino-alcohol motifs (C(OH)–C–C–N with tert-alkyl or cyclic N) is 1. The minimum absolute atomic E-state index is 0.0212. The monoisotopic (exact) mass is 228 g/mol. The third-order valence-electron chi connectivity index (χ3n) is 2.37. The molecule has 16 heavy (non-hydrogen) atoms. The van der Waals surface area contributed by atoms with Crippen molar-refractivity contribution in [2.45, 2.75) is 6.23 Å². The number of aliphatic hydroxyl groups is 1. The summed E-state index contributed by atoms with van der Waals surface area (Å²) in [6.45, 7) is 0.0212. The van der Waals surface area contributed by atoms with E-state index >= 15 is 0 Å². The molecule has 0 radical (unpaired) electrons. The molecule has 0 fully saturated rings. The highest BCUT2D eigenvalue weighted by molar-refractivity contribution is 5.58. The number of H-pyrrole nitrogens is 1. The Hall–Kier alpha value is -2.16. The van der Waals surface area contributed by atoms with E-state index in [1.807, 2.05) is 0 Å². The summed E-state index contributed by atoms with van der Waals surface area (Å²) in [5.74, 6) is -0.175. The van der Waals surface area contributed by atoms with E-state index in [0.29, 0.717) is 0 Å². The van der Waals surface area contributed by atoms with Crippen molar-refractivity contribution in [3.8, 4) is 0 Å². The van der Waals surface area contributed by atoms with Gasteiger partial charge in [0.15, 0.2) is 6.23 Å². The zero-order valence-electron chi connectivity index (χ0n) is 8.21. The van der Waals surface area contributed by atoms with Crippen molar-refractivity contribution >= 4 is 11.5 Å². The summed E-state index contributed by atoms with van der Waals surface area (Å²) in [6.07, 6.45) is -1.19. The Labute approximate surface area is 87.7 Å². The van der Waals surface area contributed by atoms with Crippen LogP contribution in [0, 0.1) is 10.1 Å². The summed E-state index contributed by atoms with van der Waals surface area (Å²) in [6, 6.07) is 0. The van der Waals surface area contributed by atoms with Crippen LogP contribution in [-0.4, -0.2) is 33.2 Å². The number of aliphatic hydroxyl groups excluding tert-OH is 1. The van der Waals surface area contributed by atoms with E-state index in [0.717, 1.165) is 4.57 Å². The van der Waals surface area contributed by atoms with Gasteiger partial charge in [0, 0.05) is 7.05 Å². The number of nitrogens with one attached hydrogen (secondary N) is 1. The van der Waals surface area contributed by atoms with Crippen molar-refractivity contribution in [2.24, 2.45) is 0 Å². The Morgan fingerprint density at radius 1 is 1.56 bits per heavy atom. The fourth-order valence-corrected chi connectivity index (χ4v) is 1.75. The predicted molar refractivity (Wildman–Crippen MR) is 52.5 cm³/mol. The SMILES string of the molecule is CN1C[C@H](O)n2c1c([N+](=O)[O-])c(=O)[nH]c2=O. The van der Waals surface area contributed by atoms with Crippen LogP contribution < -0.4 is 16.1 Å². The van der Waals surface area contributed by atoms with Crippen LogP contribution in [0.15, 0.2) is 9.59 Å². The third-order valence-corrected chi connectivity index (χ3v) is 2.37. The van der Waals surface area contributed by atoms with Crippen LogP contribution in [0.3, 0.4) is 0 Å². The number of likely N-dealkylation sites (N-methyl/N-ethyl adjacent to an activating group) is 1. The Kier molecular flexibility index (Phi) is 2.05. The number of aromatic amines is 1. The fraction of sp³-hybridized carbons (Fsp3) is 0.429. The van der Waals surface area contributed by atoms with Crippen LogP contribution in [0.4, 0.5) is 11.5 Å². The fourth-order valence-electron chi connectivity index (χ4n) is 1.75. The van der Waals surface area contributed by atoms with E-state index in [2.05, 4.69) is 0 Å². The minimum Gasteiger partial charge on any atom is -0.371 e. The molecule has 86 valence electrons. The van der Waals surface area contributed by atoms with Gasteiger partial charge in [-0.15, -0.1) is 0 Å². The molecule has 1 aliphatic rings. The number of aromatic nitrogens is 2. The van der Waals surface area contributed by atoms with Crippen LogP contribution in [0.25, 0.3) is 0 Å².